The number of amides is 1. The molecule has 0 heterocycles. The Balaban J connectivity index is 1.78. The number of benzene rings is 2. The number of hydrogen-bond acceptors (Lipinski definition) is 1. The highest BCUT2D eigenvalue weighted by Gasteiger charge is 2.02. The van der Waals surface area contributed by atoms with Crippen LogP contribution in [0.4, 0.5) is 0 Å². The van der Waals surface area contributed by atoms with Crippen LogP contribution in [0.1, 0.15) is 22.3 Å². The molecule has 0 aliphatic heterocycles. The van der Waals surface area contributed by atoms with E-state index in [4.69, 9.17) is 0 Å². The van der Waals surface area contributed by atoms with Gasteiger partial charge in [0.05, 0.1) is 6.54 Å². The predicted molar refractivity (Wildman–Crippen MR) is 95.0 cm³/mol. The first-order valence-corrected chi connectivity index (χ1v) is 7.77. The van der Waals surface area contributed by atoms with Gasteiger partial charge in [0.1, 0.15) is 0 Å². The summed E-state index contributed by atoms with van der Waals surface area (Å²) in [6, 6.07) is 19.5. The number of aryl methyl sites for hydroxylation is 1. The molecule has 2 nitrogen and oxygen atoms in total. The lowest BCUT2D eigenvalue weighted by atomic mass is 10.00. The third-order valence-electron chi connectivity index (χ3n) is 3.53. The normalized spacial score (nSPS) is 11.0. The highest BCUT2D eigenvalue weighted by Crippen LogP contribution is 2.09. The first-order valence-electron chi connectivity index (χ1n) is 7.77. The van der Waals surface area contributed by atoms with E-state index in [0.717, 1.165) is 12.8 Å². The van der Waals surface area contributed by atoms with Gasteiger partial charge in [-0.2, -0.15) is 0 Å². The van der Waals surface area contributed by atoms with Crippen LogP contribution >= 0.6 is 0 Å². The molecule has 1 N–H and O–H groups in total. The molecular weight excluding hydrogens is 282 g/mol. The maximum atomic E-state index is 11.9. The van der Waals surface area contributed by atoms with Crippen molar-refractivity contribution in [3.05, 3.63) is 84.4 Å². The first kappa shape index (κ1) is 16.6. The van der Waals surface area contributed by atoms with Crippen LogP contribution in [0.3, 0.4) is 0 Å². The van der Waals surface area contributed by atoms with E-state index in [0.29, 0.717) is 12.1 Å². The van der Waals surface area contributed by atoms with E-state index in [2.05, 4.69) is 35.9 Å². The van der Waals surface area contributed by atoms with E-state index >= 15 is 0 Å². The van der Waals surface area contributed by atoms with E-state index in [9.17, 15) is 4.79 Å². The smallest absolute Gasteiger partial charge is 0.252 e. The molecule has 0 saturated heterocycles. The summed E-state index contributed by atoms with van der Waals surface area (Å²) >= 11 is 0. The second kappa shape index (κ2) is 9.27. The van der Waals surface area contributed by atoms with Gasteiger partial charge in [-0.15, -0.1) is 6.58 Å². The number of rotatable bonds is 6. The van der Waals surface area contributed by atoms with Crippen molar-refractivity contribution in [1.82, 2.24) is 5.32 Å². The lowest BCUT2D eigenvalue weighted by Gasteiger charge is -2.05. The standard InChI is InChI=1S/C21H21NO/c1-2-18(15-16-19-10-5-3-6-11-19)12-9-17-22-21(23)20-13-7-4-8-14-20/h2-8,10-11,13-14,18H,1,15-17H2,(H,22,23)/t18-/m0/s1. The topological polar surface area (TPSA) is 29.1 Å². The van der Waals surface area contributed by atoms with Crippen molar-refractivity contribution < 1.29 is 4.79 Å². The van der Waals surface area contributed by atoms with E-state index in [1.54, 1.807) is 12.1 Å². The summed E-state index contributed by atoms with van der Waals surface area (Å²) in [5.74, 6) is 6.23. The van der Waals surface area contributed by atoms with Gasteiger partial charge in [0.2, 0.25) is 0 Å². The van der Waals surface area contributed by atoms with Gasteiger partial charge in [-0.1, -0.05) is 66.4 Å². The molecule has 0 bridgehead atoms. The molecule has 0 fully saturated rings. The summed E-state index contributed by atoms with van der Waals surface area (Å²) in [6.07, 6.45) is 3.78. The Morgan fingerprint density at radius 1 is 1.09 bits per heavy atom. The minimum Gasteiger partial charge on any atom is -0.341 e. The Bertz CT molecular complexity index is 680. The summed E-state index contributed by atoms with van der Waals surface area (Å²) in [5, 5.41) is 2.81. The van der Waals surface area contributed by atoms with Gasteiger partial charge in [-0.05, 0) is 30.5 Å². The van der Waals surface area contributed by atoms with E-state index in [1.807, 2.05) is 42.5 Å². The molecule has 0 unspecified atom stereocenters. The van der Waals surface area contributed by atoms with Crippen molar-refractivity contribution >= 4 is 5.91 Å². The van der Waals surface area contributed by atoms with Gasteiger partial charge in [-0.3, -0.25) is 4.79 Å². The molecular formula is C21H21NO. The Labute approximate surface area is 138 Å². The van der Waals surface area contributed by atoms with Crippen LogP contribution in [0, 0.1) is 17.8 Å². The average Bonchev–Trinajstić information content (AvgIpc) is 2.62. The number of carbonyl (C=O) groups is 1. The largest absolute Gasteiger partial charge is 0.341 e. The molecule has 0 aliphatic rings. The predicted octanol–water partition coefficient (Wildman–Crippen LogP) is 3.85. The van der Waals surface area contributed by atoms with Crippen molar-refractivity contribution in [2.75, 3.05) is 6.54 Å². The Morgan fingerprint density at radius 2 is 1.74 bits per heavy atom. The van der Waals surface area contributed by atoms with Crippen molar-refractivity contribution in [3.63, 3.8) is 0 Å². The van der Waals surface area contributed by atoms with Crippen LogP contribution in [0.15, 0.2) is 73.3 Å². The molecule has 0 spiro atoms. The third kappa shape index (κ3) is 5.84. The van der Waals surface area contributed by atoms with E-state index in [-0.39, 0.29) is 11.8 Å². The summed E-state index contributed by atoms with van der Waals surface area (Å²) in [6.45, 7) is 4.20. The second-order valence-electron chi connectivity index (χ2n) is 5.24. The fourth-order valence-corrected chi connectivity index (χ4v) is 2.21. The monoisotopic (exact) mass is 303 g/mol. The van der Waals surface area contributed by atoms with Gasteiger partial charge in [0.25, 0.3) is 5.91 Å². The summed E-state index contributed by atoms with van der Waals surface area (Å²) < 4.78 is 0. The summed E-state index contributed by atoms with van der Waals surface area (Å²) in [7, 11) is 0. The van der Waals surface area contributed by atoms with Crippen LogP contribution in [-0.4, -0.2) is 12.5 Å². The molecule has 2 aromatic rings. The molecule has 0 saturated carbocycles. The molecule has 1 amide bonds. The van der Waals surface area contributed by atoms with E-state index < -0.39 is 0 Å². The van der Waals surface area contributed by atoms with Gasteiger partial charge in [-0.25, -0.2) is 0 Å². The maximum absolute atomic E-state index is 11.9. The van der Waals surface area contributed by atoms with Crippen molar-refractivity contribution in [3.8, 4) is 11.8 Å². The van der Waals surface area contributed by atoms with Crippen molar-refractivity contribution in [1.29, 1.82) is 0 Å². The molecule has 1 atom stereocenters. The molecule has 2 aromatic carbocycles. The zero-order valence-corrected chi connectivity index (χ0v) is 13.2. The highest BCUT2D eigenvalue weighted by atomic mass is 16.1. The minimum atomic E-state index is -0.0978. The number of carbonyl (C=O) groups excluding carboxylic acids is 1. The number of allylic oxidation sites excluding steroid dienone is 1. The molecule has 116 valence electrons. The van der Waals surface area contributed by atoms with Gasteiger partial charge >= 0.3 is 0 Å². The molecule has 2 heteroatoms. The van der Waals surface area contributed by atoms with Gasteiger partial charge < -0.3 is 5.32 Å². The van der Waals surface area contributed by atoms with E-state index in [1.165, 1.54) is 5.56 Å². The molecule has 0 aromatic heterocycles. The van der Waals surface area contributed by atoms with Crippen LogP contribution in [0.5, 0.6) is 0 Å². The van der Waals surface area contributed by atoms with Gasteiger partial charge in [0, 0.05) is 11.5 Å². The fraction of sp³-hybridized carbons (Fsp3) is 0.190. The van der Waals surface area contributed by atoms with Crippen LogP contribution in [0.25, 0.3) is 0 Å². The molecule has 2 rings (SSSR count). The minimum absolute atomic E-state index is 0.0978. The van der Waals surface area contributed by atoms with Crippen LogP contribution in [-0.2, 0) is 6.42 Å². The lowest BCUT2D eigenvalue weighted by Crippen LogP contribution is -2.23. The first-order chi connectivity index (χ1) is 11.3. The van der Waals surface area contributed by atoms with Crippen LogP contribution < -0.4 is 5.32 Å². The lowest BCUT2D eigenvalue weighted by molar-refractivity contribution is 0.0958. The van der Waals surface area contributed by atoms with Crippen LogP contribution in [0.2, 0.25) is 0 Å². The summed E-state index contributed by atoms with van der Waals surface area (Å²) in [4.78, 5) is 11.9. The average molecular weight is 303 g/mol. The Morgan fingerprint density at radius 3 is 2.39 bits per heavy atom. The molecule has 23 heavy (non-hydrogen) atoms. The maximum Gasteiger partial charge on any atom is 0.252 e. The summed E-state index contributed by atoms with van der Waals surface area (Å²) in [5.41, 5.74) is 1.96. The molecule has 0 radical (unpaired) electrons. The van der Waals surface area contributed by atoms with Crippen molar-refractivity contribution in [2.45, 2.75) is 12.8 Å². The highest BCUT2D eigenvalue weighted by molar-refractivity contribution is 5.94. The SMILES string of the molecule is C=C[C@@H](C#CCNC(=O)c1ccccc1)CCc1ccccc1. The van der Waals surface area contributed by atoms with Crippen molar-refractivity contribution in [2.24, 2.45) is 5.92 Å². The van der Waals surface area contributed by atoms with Gasteiger partial charge in [0.15, 0.2) is 0 Å². The second-order valence-corrected chi connectivity index (χ2v) is 5.24. The third-order valence-corrected chi connectivity index (χ3v) is 3.53. The molecule has 0 aliphatic carbocycles. The zero-order valence-electron chi connectivity index (χ0n) is 13.2. The Hall–Kier alpha value is -2.79. The number of hydrogen-bond donors (Lipinski definition) is 1. The fourth-order valence-electron chi connectivity index (χ4n) is 2.21. The quantitative estimate of drug-likeness (QED) is 0.637. The number of nitrogens with one attached hydrogen (secondary N) is 1. The zero-order chi connectivity index (χ0) is 16.3. The Kier molecular flexibility index (Phi) is 6.68.